The molecule has 0 unspecified atom stereocenters. The fourth-order valence-corrected chi connectivity index (χ4v) is 4.70. The summed E-state index contributed by atoms with van der Waals surface area (Å²) in [4.78, 5) is 41.3. The minimum atomic E-state index is -1.11. The molecule has 0 bridgehead atoms. The zero-order valence-electron chi connectivity index (χ0n) is 20.0. The highest BCUT2D eigenvalue weighted by Gasteiger charge is 2.48. The summed E-state index contributed by atoms with van der Waals surface area (Å²) in [7, 11) is 0. The predicted octanol–water partition coefficient (Wildman–Crippen LogP) is 3.66. The first-order chi connectivity index (χ1) is 16.2. The molecule has 1 saturated carbocycles. The van der Waals surface area contributed by atoms with Crippen LogP contribution in [0.2, 0.25) is 0 Å². The van der Waals surface area contributed by atoms with E-state index in [0.717, 1.165) is 38.5 Å². The maximum atomic E-state index is 13.9. The quantitative estimate of drug-likeness (QED) is 0.647. The second kappa shape index (κ2) is 9.56. The van der Waals surface area contributed by atoms with Crippen LogP contribution in [0.5, 0.6) is 0 Å². The Morgan fingerprint density at radius 3 is 2.65 bits per heavy atom. The lowest BCUT2D eigenvalue weighted by molar-refractivity contribution is -0.133. The molecule has 1 aromatic heterocycles. The van der Waals surface area contributed by atoms with E-state index in [4.69, 9.17) is 0 Å². The second-order valence-electron chi connectivity index (χ2n) is 9.53. The zero-order chi connectivity index (χ0) is 24.5. The van der Waals surface area contributed by atoms with Crippen molar-refractivity contribution in [3.8, 4) is 0 Å². The molecule has 1 fully saturated rings. The summed E-state index contributed by atoms with van der Waals surface area (Å²) in [5.74, 6) is -1.48. The molecule has 182 valence electrons. The summed E-state index contributed by atoms with van der Waals surface area (Å²) in [5, 5.41) is 10.1. The Kier molecular flexibility index (Phi) is 6.72. The van der Waals surface area contributed by atoms with E-state index in [-0.39, 0.29) is 35.8 Å². The minimum Gasteiger partial charge on any atom is -0.351 e. The fourth-order valence-electron chi connectivity index (χ4n) is 4.70. The van der Waals surface area contributed by atoms with Crippen molar-refractivity contribution in [1.29, 1.82) is 0 Å². The molecular weight excluding hydrogens is 437 g/mol. The van der Waals surface area contributed by atoms with Crippen LogP contribution in [0, 0.1) is 12.7 Å². The number of benzene rings is 1. The van der Waals surface area contributed by atoms with Crippen LogP contribution in [-0.2, 0) is 11.3 Å². The van der Waals surface area contributed by atoms with E-state index in [2.05, 4.69) is 15.7 Å². The van der Waals surface area contributed by atoms with Crippen molar-refractivity contribution >= 4 is 23.4 Å². The number of nitrogens with one attached hydrogen (secondary N) is 2. The molecule has 2 aromatic rings. The number of fused-ring (bicyclic) bond motifs is 1. The van der Waals surface area contributed by atoms with Gasteiger partial charge in [-0.1, -0.05) is 32.3 Å². The van der Waals surface area contributed by atoms with Gasteiger partial charge in [0.05, 0.1) is 6.54 Å². The van der Waals surface area contributed by atoms with Gasteiger partial charge in [-0.2, -0.15) is 5.10 Å². The Bertz CT molecular complexity index is 1110. The van der Waals surface area contributed by atoms with Gasteiger partial charge in [0, 0.05) is 24.3 Å². The molecule has 34 heavy (non-hydrogen) atoms. The number of unbranched alkanes of at least 4 members (excludes halogenated alkanes) is 1. The number of hydrogen-bond donors (Lipinski definition) is 2. The maximum Gasteiger partial charge on any atom is 0.276 e. The van der Waals surface area contributed by atoms with Crippen LogP contribution in [-0.4, -0.2) is 50.5 Å². The predicted molar refractivity (Wildman–Crippen MR) is 126 cm³/mol. The van der Waals surface area contributed by atoms with Gasteiger partial charge in [0.25, 0.3) is 11.8 Å². The first-order valence-electron chi connectivity index (χ1n) is 12.0. The van der Waals surface area contributed by atoms with E-state index < -0.39 is 17.3 Å². The van der Waals surface area contributed by atoms with Crippen molar-refractivity contribution in [2.75, 3.05) is 11.9 Å². The Labute approximate surface area is 198 Å². The molecule has 3 amide bonds. The minimum absolute atomic E-state index is 0.0419. The number of hydrogen-bond acceptors (Lipinski definition) is 4. The SMILES string of the molecule is CCCCN1C(=O)c2cc(C(=O)Nc3ccc(C)c(F)c3)nn2C[C@]1(C)C(=O)NC1CCCC1. The molecule has 0 spiro atoms. The van der Waals surface area contributed by atoms with Crippen LogP contribution >= 0.6 is 0 Å². The first-order valence-corrected chi connectivity index (χ1v) is 12.0. The number of carbonyl (C=O) groups excluding carboxylic acids is 3. The molecule has 0 radical (unpaired) electrons. The topological polar surface area (TPSA) is 96.3 Å². The van der Waals surface area contributed by atoms with E-state index in [0.29, 0.717) is 17.8 Å². The van der Waals surface area contributed by atoms with Crippen LogP contribution in [0.15, 0.2) is 24.3 Å². The van der Waals surface area contributed by atoms with Gasteiger partial charge in [0.15, 0.2) is 5.69 Å². The number of rotatable bonds is 7. The van der Waals surface area contributed by atoms with Gasteiger partial charge in [0.1, 0.15) is 17.1 Å². The van der Waals surface area contributed by atoms with Crippen molar-refractivity contribution < 1.29 is 18.8 Å². The third-order valence-electron chi connectivity index (χ3n) is 6.87. The van der Waals surface area contributed by atoms with E-state index >= 15 is 0 Å². The van der Waals surface area contributed by atoms with Crippen molar-refractivity contribution in [1.82, 2.24) is 20.0 Å². The van der Waals surface area contributed by atoms with E-state index in [1.807, 2.05) is 6.92 Å². The largest absolute Gasteiger partial charge is 0.351 e. The maximum absolute atomic E-state index is 13.9. The van der Waals surface area contributed by atoms with E-state index in [1.165, 1.54) is 16.8 Å². The van der Waals surface area contributed by atoms with Gasteiger partial charge in [-0.3, -0.25) is 19.1 Å². The number of aromatic nitrogens is 2. The summed E-state index contributed by atoms with van der Waals surface area (Å²) >= 11 is 0. The van der Waals surface area contributed by atoms with Crippen LogP contribution < -0.4 is 10.6 Å². The molecule has 2 heterocycles. The van der Waals surface area contributed by atoms with Crippen molar-refractivity contribution in [2.45, 2.75) is 77.4 Å². The third-order valence-corrected chi connectivity index (χ3v) is 6.87. The van der Waals surface area contributed by atoms with Crippen molar-refractivity contribution in [3.63, 3.8) is 0 Å². The average molecular weight is 470 g/mol. The Balaban J connectivity index is 1.59. The van der Waals surface area contributed by atoms with Crippen molar-refractivity contribution in [3.05, 3.63) is 47.0 Å². The lowest BCUT2D eigenvalue weighted by atomic mass is 9.94. The highest BCUT2D eigenvalue weighted by atomic mass is 19.1. The van der Waals surface area contributed by atoms with E-state index in [1.54, 1.807) is 30.9 Å². The van der Waals surface area contributed by atoms with Crippen LogP contribution in [0.25, 0.3) is 0 Å². The Morgan fingerprint density at radius 2 is 1.97 bits per heavy atom. The summed E-state index contributed by atoms with van der Waals surface area (Å²) in [6, 6.07) is 5.99. The summed E-state index contributed by atoms with van der Waals surface area (Å²) in [6.45, 7) is 6.04. The number of halogens is 1. The lowest BCUT2D eigenvalue weighted by Crippen LogP contribution is -2.65. The van der Waals surface area contributed by atoms with Gasteiger partial charge in [-0.25, -0.2) is 4.39 Å². The van der Waals surface area contributed by atoms with Crippen LogP contribution in [0.4, 0.5) is 10.1 Å². The second-order valence-corrected chi connectivity index (χ2v) is 9.53. The third kappa shape index (κ3) is 4.56. The molecule has 0 saturated heterocycles. The standard InChI is InChI=1S/C25H32FN5O3/c1-4-5-12-30-23(33)21-14-20(22(32)27-18-11-10-16(2)19(26)13-18)29-31(21)15-25(30,3)24(34)28-17-8-6-7-9-17/h10-11,13-14,17H,4-9,12,15H2,1-3H3,(H,27,32)(H,28,34)/t25-/m1/s1. The van der Waals surface area contributed by atoms with Gasteiger partial charge >= 0.3 is 0 Å². The van der Waals surface area contributed by atoms with Crippen LogP contribution in [0.3, 0.4) is 0 Å². The number of aryl methyl sites for hydroxylation is 1. The average Bonchev–Trinajstić information content (AvgIpc) is 3.46. The molecule has 1 aliphatic heterocycles. The highest BCUT2D eigenvalue weighted by molar-refractivity contribution is 6.06. The molecule has 4 rings (SSSR count). The summed E-state index contributed by atoms with van der Waals surface area (Å²) < 4.78 is 15.3. The lowest BCUT2D eigenvalue weighted by Gasteiger charge is -2.43. The molecule has 2 N–H and O–H groups in total. The van der Waals surface area contributed by atoms with Crippen molar-refractivity contribution in [2.24, 2.45) is 0 Å². The molecule has 8 nitrogen and oxygen atoms in total. The molecular formula is C25H32FN5O3. The number of anilines is 1. The number of amides is 3. The number of carbonyl (C=O) groups is 3. The molecule has 1 aliphatic carbocycles. The molecule has 1 aromatic carbocycles. The van der Waals surface area contributed by atoms with Crippen LogP contribution in [0.1, 0.15) is 78.9 Å². The first kappa shape index (κ1) is 23.9. The zero-order valence-corrected chi connectivity index (χ0v) is 20.0. The Morgan fingerprint density at radius 1 is 1.24 bits per heavy atom. The number of nitrogens with zero attached hydrogens (tertiary/aromatic N) is 3. The smallest absolute Gasteiger partial charge is 0.276 e. The summed E-state index contributed by atoms with van der Waals surface area (Å²) in [6.07, 6.45) is 5.71. The Hall–Kier alpha value is -3.23. The highest BCUT2D eigenvalue weighted by Crippen LogP contribution is 2.29. The fraction of sp³-hybridized carbons (Fsp3) is 0.520. The van der Waals surface area contributed by atoms with Gasteiger partial charge in [-0.05, 0) is 50.8 Å². The molecule has 2 aliphatic rings. The normalized spacial score (nSPS) is 20.4. The van der Waals surface area contributed by atoms with Gasteiger partial charge in [-0.15, -0.1) is 0 Å². The van der Waals surface area contributed by atoms with E-state index in [9.17, 15) is 18.8 Å². The molecule has 1 atom stereocenters. The summed E-state index contributed by atoms with van der Waals surface area (Å²) in [5.41, 5.74) is -0.0244. The van der Waals surface area contributed by atoms with Gasteiger partial charge in [0.2, 0.25) is 5.91 Å². The monoisotopic (exact) mass is 469 g/mol. The van der Waals surface area contributed by atoms with Gasteiger partial charge < -0.3 is 15.5 Å². The molecule has 9 heteroatoms.